The number of aliphatic carboxylic acids is 1. The van der Waals surface area contributed by atoms with Crippen LogP contribution in [0, 0.1) is 5.82 Å². The third-order valence-corrected chi connectivity index (χ3v) is 3.63. The summed E-state index contributed by atoms with van der Waals surface area (Å²) in [5.74, 6) is -2.74. The Labute approximate surface area is 146 Å². The zero-order chi connectivity index (χ0) is 19.3. The molecule has 26 heavy (non-hydrogen) atoms. The van der Waals surface area contributed by atoms with E-state index in [9.17, 15) is 32.3 Å². The highest BCUT2D eigenvalue weighted by molar-refractivity contribution is 5.85. The molecule has 2 rings (SSSR count). The summed E-state index contributed by atoms with van der Waals surface area (Å²) in [5.41, 5.74) is -0.869. The molecule has 4 nitrogen and oxygen atoms in total. The van der Waals surface area contributed by atoms with Crippen molar-refractivity contribution >= 4 is 11.9 Å². The summed E-state index contributed by atoms with van der Waals surface area (Å²) in [4.78, 5) is 23.3. The molecule has 1 atom stereocenters. The van der Waals surface area contributed by atoms with Gasteiger partial charge in [-0.1, -0.05) is 30.3 Å². The summed E-state index contributed by atoms with van der Waals surface area (Å²) in [6.07, 6.45) is -5.45. The average molecular weight is 369 g/mol. The Bertz CT molecular complexity index is 805. The Kier molecular flexibility index (Phi) is 5.97. The highest BCUT2D eigenvalue weighted by atomic mass is 19.4. The van der Waals surface area contributed by atoms with E-state index in [2.05, 4.69) is 5.32 Å². The second-order valence-electron chi connectivity index (χ2n) is 5.62. The summed E-state index contributed by atoms with van der Waals surface area (Å²) >= 11 is 0. The lowest BCUT2D eigenvalue weighted by Gasteiger charge is -2.18. The highest BCUT2D eigenvalue weighted by Crippen LogP contribution is 2.32. The van der Waals surface area contributed by atoms with E-state index in [1.807, 2.05) is 0 Å². The number of nitrogens with one attached hydrogen (secondary N) is 1. The maximum Gasteiger partial charge on any atom is 0.416 e. The zero-order valence-electron chi connectivity index (χ0n) is 13.4. The first-order valence-corrected chi connectivity index (χ1v) is 7.58. The number of carbonyl (C=O) groups excluding carboxylic acids is 1. The Morgan fingerprint density at radius 1 is 1.08 bits per heavy atom. The molecular formula is C18H15F4NO3. The van der Waals surface area contributed by atoms with E-state index in [1.54, 1.807) is 0 Å². The van der Waals surface area contributed by atoms with Gasteiger partial charge in [0.25, 0.3) is 0 Å². The lowest BCUT2D eigenvalue weighted by atomic mass is 9.99. The predicted octanol–water partition coefficient (Wildman–Crippen LogP) is 3.20. The summed E-state index contributed by atoms with van der Waals surface area (Å²) in [5, 5.41) is 11.4. The van der Waals surface area contributed by atoms with Crippen molar-refractivity contribution in [3.8, 4) is 0 Å². The van der Waals surface area contributed by atoms with Crippen LogP contribution in [0.1, 0.15) is 16.7 Å². The van der Waals surface area contributed by atoms with Crippen molar-refractivity contribution in [2.24, 2.45) is 0 Å². The van der Waals surface area contributed by atoms with Gasteiger partial charge in [0.15, 0.2) is 0 Å². The van der Waals surface area contributed by atoms with Gasteiger partial charge in [-0.15, -0.1) is 0 Å². The third kappa shape index (κ3) is 5.30. The molecule has 2 aromatic carbocycles. The van der Waals surface area contributed by atoms with Crippen LogP contribution in [0.25, 0.3) is 0 Å². The molecule has 0 heterocycles. The van der Waals surface area contributed by atoms with Crippen LogP contribution in [0.4, 0.5) is 17.6 Å². The molecule has 0 aliphatic carbocycles. The average Bonchev–Trinajstić information content (AvgIpc) is 2.53. The molecule has 0 aliphatic heterocycles. The van der Waals surface area contributed by atoms with E-state index in [1.165, 1.54) is 30.3 Å². The van der Waals surface area contributed by atoms with Gasteiger partial charge in [-0.25, -0.2) is 9.18 Å². The molecule has 0 radical (unpaired) electrons. The van der Waals surface area contributed by atoms with Crippen LogP contribution in [0.5, 0.6) is 0 Å². The van der Waals surface area contributed by atoms with Crippen molar-refractivity contribution < 1.29 is 32.3 Å². The van der Waals surface area contributed by atoms with Crippen molar-refractivity contribution in [2.45, 2.75) is 25.1 Å². The monoisotopic (exact) mass is 369 g/mol. The van der Waals surface area contributed by atoms with E-state index in [0.717, 1.165) is 18.2 Å². The molecule has 0 aliphatic rings. The van der Waals surface area contributed by atoms with Crippen LogP contribution < -0.4 is 5.32 Å². The minimum Gasteiger partial charge on any atom is -0.480 e. The van der Waals surface area contributed by atoms with Crippen molar-refractivity contribution in [3.05, 3.63) is 71.0 Å². The maximum atomic E-state index is 13.1. The predicted molar refractivity (Wildman–Crippen MR) is 84.8 cm³/mol. The first-order valence-electron chi connectivity index (χ1n) is 7.58. The normalized spacial score (nSPS) is 12.5. The first-order chi connectivity index (χ1) is 12.2. The van der Waals surface area contributed by atoms with Crippen molar-refractivity contribution in [3.63, 3.8) is 0 Å². The molecule has 0 saturated heterocycles. The second kappa shape index (κ2) is 7.99. The standard InChI is InChI=1S/C18H15F4NO3/c19-13-6-3-4-11(8-13)9-16(24)23-15(17(25)26)10-12-5-1-2-7-14(12)18(20,21)22/h1-8,15H,9-10H2,(H,23,24)(H,25,26)/t15-/m1/s1. The molecule has 0 saturated carbocycles. The molecule has 2 N–H and O–H groups in total. The van der Waals surface area contributed by atoms with Gasteiger partial charge in [-0.05, 0) is 29.3 Å². The van der Waals surface area contributed by atoms with Crippen molar-refractivity contribution in [1.82, 2.24) is 5.32 Å². The SMILES string of the molecule is O=C(Cc1cccc(F)c1)N[C@H](Cc1ccccc1C(F)(F)F)C(=O)O. The topological polar surface area (TPSA) is 66.4 Å². The first kappa shape index (κ1) is 19.4. The van der Waals surface area contributed by atoms with Gasteiger partial charge in [0.05, 0.1) is 12.0 Å². The van der Waals surface area contributed by atoms with E-state index in [-0.39, 0.29) is 12.0 Å². The molecule has 2 aromatic rings. The minimum atomic E-state index is -4.63. The smallest absolute Gasteiger partial charge is 0.416 e. The van der Waals surface area contributed by atoms with E-state index in [0.29, 0.717) is 5.56 Å². The Balaban J connectivity index is 2.13. The van der Waals surface area contributed by atoms with Crippen LogP contribution in [-0.4, -0.2) is 23.0 Å². The Morgan fingerprint density at radius 2 is 1.77 bits per heavy atom. The van der Waals surface area contributed by atoms with E-state index < -0.39 is 41.9 Å². The van der Waals surface area contributed by atoms with Crippen LogP contribution in [-0.2, 0) is 28.6 Å². The highest BCUT2D eigenvalue weighted by Gasteiger charge is 2.34. The number of rotatable bonds is 6. The molecular weight excluding hydrogens is 354 g/mol. The number of carboxylic acid groups (broad SMARTS) is 1. The van der Waals surface area contributed by atoms with Crippen molar-refractivity contribution in [1.29, 1.82) is 0 Å². The number of benzene rings is 2. The van der Waals surface area contributed by atoms with Gasteiger partial charge in [-0.2, -0.15) is 13.2 Å². The molecule has 0 bridgehead atoms. The minimum absolute atomic E-state index is 0.238. The number of halogens is 4. The molecule has 138 valence electrons. The largest absolute Gasteiger partial charge is 0.480 e. The number of hydrogen-bond acceptors (Lipinski definition) is 2. The van der Waals surface area contributed by atoms with Gasteiger partial charge in [0.2, 0.25) is 5.91 Å². The molecule has 0 fully saturated rings. The summed E-state index contributed by atoms with van der Waals surface area (Å²) in [7, 11) is 0. The quantitative estimate of drug-likeness (QED) is 0.769. The Morgan fingerprint density at radius 3 is 2.38 bits per heavy atom. The van der Waals surface area contributed by atoms with E-state index in [4.69, 9.17) is 0 Å². The molecule has 0 aromatic heterocycles. The fourth-order valence-electron chi connectivity index (χ4n) is 2.47. The second-order valence-corrected chi connectivity index (χ2v) is 5.62. The van der Waals surface area contributed by atoms with Crippen molar-refractivity contribution in [2.75, 3.05) is 0 Å². The van der Waals surface area contributed by atoms with Gasteiger partial charge >= 0.3 is 12.1 Å². The maximum absolute atomic E-state index is 13.1. The number of carboxylic acids is 1. The molecule has 8 heteroatoms. The van der Waals surface area contributed by atoms with Gasteiger partial charge < -0.3 is 10.4 Å². The number of amides is 1. The fraction of sp³-hybridized carbons (Fsp3) is 0.222. The van der Waals surface area contributed by atoms with Crippen LogP contribution in [0.15, 0.2) is 48.5 Å². The fourth-order valence-corrected chi connectivity index (χ4v) is 2.47. The number of hydrogen-bond donors (Lipinski definition) is 2. The van der Waals surface area contributed by atoms with Gasteiger partial charge in [0, 0.05) is 6.42 Å². The van der Waals surface area contributed by atoms with Crippen LogP contribution in [0.3, 0.4) is 0 Å². The summed E-state index contributed by atoms with van der Waals surface area (Å²) in [6.45, 7) is 0. The zero-order valence-corrected chi connectivity index (χ0v) is 13.4. The van der Waals surface area contributed by atoms with Crippen LogP contribution >= 0.6 is 0 Å². The van der Waals surface area contributed by atoms with Gasteiger partial charge in [0.1, 0.15) is 11.9 Å². The lowest BCUT2D eigenvalue weighted by molar-refractivity contribution is -0.142. The summed E-state index contributed by atoms with van der Waals surface area (Å²) < 4.78 is 52.2. The van der Waals surface area contributed by atoms with Crippen LogP contribution in [0.2, 0.25) is 0 Å². The summed E-state index contributed by atoms with van der Waals surface area (Å²) in [6, 6.07) is 8.22. The van der Waals surface area contributed by atoms with E-state index >= 15 is 0 Å². The Hall–Kier alpha value is -2.90. The molecule has 0 spiro atoms. The third-order valence-electron chi connectivity index (χ3n) is 3.63. The lowest BCUT2D eigenvalue weighted by Crippen LogP contribution is -2.43. The van der Waals surface area contributed by atoms with Gasteiger partial charge in [-0.3, -0.25) is 4.79 Å². The number of alkyl halides is 3. The molecule has 1 amide bonds. The molecule has 0 unspecified atom stereocenters. The number of carbonyl (C=O) groups is 2.